The van der Waals surface area contributed by atoms with E-state index in [1.54, 1.807) is 61.7 Å². The lowest BCUT2D eigenvalue weighted by Crippen LogP contribution is -2.42. The van der Waals surface area contributed by atoms with Gasteiger partial charge in [0.2, 0.25) is 28.9 Å². The maximum atomic E-state index is 15.6. The molecule has 3 heterocycles. The van der Waals surface area contributed by atoms with Crippen LogP contribution in [0.4, 0.5) is 14.7 Å². The van der Waals surface area contributed by atoms with Crippen LogP contribution in [0.5, 0.6) is 11.6 Å². The van der Waals surface area contributed by atoms with E-state index in [4.69, 9.17) is 4.74 Å². The van der Waals surface area contributed by atoms with Gasteiger partial charge in [0.25, 0.3) is 0 Å². The van der Waals surface area contributed by atoms with Gasteiger partial charge in [-0.25, -0.2) is 28.3 Å². The molecule has 4 aromatic rings. The van der Waals surface area contributed by atoms with Gasteiger partial charge in [-0.3, -0.25) is 4.55 Å². The molecule has 1 aliphatic heterocycles. The number of ether oxygens (including phenoxy) is 1. The Kier molecular flexibility index (Phi) is 8.93. The minimum atomic E-state index is -2.49. The summed E-state index contributed by atoms with van der Waals surface area (Å²) < 4.78 is 60.5. The SMILES string of the molecule is Cc1cc(C(NS(=O)O)c2ccccc2)c(F)c(F)c1Oc1ncccc1-c1ccnc(N[C@@H]2CNC[C@H](C)C2)n1. The molecule has 9 nitrogen and oxygen atoms in total. The molecule has 0 amide bonds. The van der Waals surface area contributed by atoms with Crippen LogP contribution in [-0.4, -0.2) is 42.8 Å². The number of nitrogens with zero attached hydrogens (tertiary/aromatic N) is 3. The zero-order valence-electron chi connectivity index (χ0n) is 22.5. The number of aromatic nitrogens is 3. The topological polar surface area (TPSA) is 121 Å². The molecule has 0 aliphatic carbocycles. The van der Waals surface area contributed by atoms with E-state index in [1.807, 2.05) is 0 Å². The van der Waals surface area contributed by atoms with Crippen LogP contribution in [0.3, 0.4) is 0 Å². The average molecular weight is 581 g/mol. The zero-order valence-corrected chi connectivity index (χ0v) is 23.3. The molecule has 214 valence electrons. The molecule has 1 saturated heterocycles. The second-order valence-electron chi connectivity index (χ2n) is 10.0. The predicted octanol–water partition coefficient (Wildman–Crippen LogP) is 5.14. The lowest BCUT2D eigenvalue weighted by molar-refractivity contribution is 0.377. The van der Waals surface area contributed by atoms with Crippen molar-refractivity contribution in [2.75, 3.05) is 18.4 Å². The molecule has 0 spiro atoms. The molecule has 2 aromatic heterocycles. The summed E-state index contributed by atoms with van der Waals surface area (Å²) in [5.41, 5.74) is 1.58. The number of nitrogens with one attached hydrogen (secondary N) is 3. The number of halogens is 2. The molecule has 1 fully saturated rings. The second kappa shape index (κ2) is 12.8. The Morgan fingerprint density at radius 3 is 2.63 bits per heavy atom. The summed E-state index contributed by atoms with van der Waals surface area (Å²) in [5.74, 6) is -1.80. The third-order valence-corrected chi connectivity index (χ3v) is 7.28. The highest BCUT2D eigenvalue weighted by Gasteiger charge is 2.27. The number of hydrogen-bond donors (Lipinski definition) is 4. The second-order valence-corrected chi connectivity index (χ2v) is 10.7. The number of hydrogen-bond acceptors (Lipinski definition) is 7. The van der Waals surface area contributed by atoms with Gasteiger partial charge in [-0.15, -0.1) is 0 Å². The number of pyridine rings is 1. The third kappa shape index (κ3) is 6.73. The van der Waals surface area contributed by atoms with Gasteiger partial charge >= 0.3 is 0 Å². The first-order valence-corrected chi connectivity index (χ1v) is 14.2. The third-order valence-electron chi connectivity index (χ3n) is 6.84. The van der Waals surface area contributed by atoms with Crippen LogP contribution < -0.4 is 20.1 Å². The van der Waals surface area contributed by atoms with E-state index in [0.717, 1.165) is 19.5 Å². The van der Waals surface area contributed by atoms with Gasteiger partial charge in [-0.1, -0.05) is 37.3 Å². The van der Waals surface area contributed by atoms with Crippen LogP contribution in [0, 0.1) is 24.5 Å². The van der Waals surface area contributed by atoms with Crippen LogP contribution in [0.15, 0.2) is 67.0 Å². The van der Waals surface area contributed by atoms with Crippen LogP contribution in [0.1, 0.15) is 36.1 Å². The molecule has 4 atom stereocenters. The Balaban J connectivity index is 1.45. The van der Waals surface area contributed by atoms with E-state index in [2.05, 4.69) is 37.2 Å². The van der Waals surface area contributed by atoms with E-state index in [0.29, 0.717) is 28.7 Å². The Hall–Kier alpha value is -3.84. The fourth-order valence-electron chi connectivity index (χ4n) is 4.95. The van der Waals surface area contributed by atoms with Crippen LogP contribution in [0.25, 0.3) is 11.3 Å². The standard InChI is InChI=1S/C29H30F2N6O3S/c1-17-13-20(16-32-15-17)35-29-34-12-10-23(36-29)21-9-6-11-33-28(21)40-27-18(2)14-22(24(30)25(27)31)26(37-41(38)39)19-7-4-3-5-8-19/h3-12,14,17,20,26,32,37H,13,15-16H2,1-2H3,(H,38,39)(H,34,35,36)/t17-,20+,26?/m1/s1. The van der Waals surface area contributed by atoms with Crippen molar-refractivity contribution in [2.45, 2.75) is 32.4 Å². The lowest BCUT2D eigenvalue weighted by atomic mass is 9.97. The fraction of sp³-hybridized carbons (Fsp3) is 0.276. The minimum Gasteiger partial charge on any atom is -0.435 e. The summed E-state index contributed by atoms with van der Waals surface area (Å²) >= 11 is -2.49. The summed E-state index contributed by atoms with van der Waals surface area (Å²) in [6.45, 7) is 5.51. The number of piperidine rings is 1. The molecule has 0 bridgehead atoms. The zero-order chi connectivity index (χ0) is 28.9. The maximum absolute atomic E-state index is 15.6. The van der Waals surface area contributed by atoms with Crippen molar-refractivity contribution in [3.05, 3.63) is 95.3 Å². The van der Waals surface area contributed by atoms with E-state index in [-0.39, 0.29) is 28.8 Å². The summed E-state index contributed by atoms with van der Waals surface area (Å²) in [4.78, 5) is 13.2. The van der Waals surface area contributed by atoms with Gasteiger partial charge in [-0.2, -0.15) is 4.39 Å². The molecule has 12 heteroatoms. The summed E-state index contributed by atoms with van der Waals surface area (Å²) in [6, 6.07) is 14.1. The van der Waals surface area contributed by atoms with Crippen molar-refractivity contribution in [3.8, 4) is 22.9 Å². The minimum absolute atomic E-state index is 0.0356. The molecular formula is C29H30F2N6O3S. The van der Waals surface area contributed by atoms with Crippen molar-refractivity contribution in [3.63, 3.8) is 0 Å². The van der Waals surface area contributed by atoms with Gasteiger partial charge in [-0.05, 0) is 61.2 Å². The first kappa shape index (κ1) is 28.7. The average Bonchev–Trinajstić information content (AvgIpc) is 2.97. The molecule has 4 N–H and O–H groups in total. The van der Waals surface area contributed by atoms with Gasteiger partial charge in [0, 0.05) is 30.5 Å². The smallest absolute Gasteiger partial charge is 0.232 e. The van der Waals surface area contributed by atoms with Crippen molar-refractivity contribution in [1.29, 1.82) is 0 Å². The molecule has 2 unspecified atom stereocenters. The molecule has 5 rings (SSSR count). The van der Waals surface area contributed by atoms with Gasteiger partial charge in [0.15, 0.2) is 11.6 Å². The van der Waals surface area contributed by atoms with Gasteiger partial charge in [0.05, 0.1) is 17.3 Å². The Bertz CT molecular complexity index is 1540. The first-order valence-electron chi connectivity index (χ1n) is 13.1. The van der Waals surface area contributed by atoms with Crippen molar-refractivity contribution >= 4 is 17.2 Å². The Morgan fingerprint density at radius 1 is 1.07 bits per heavy atom. The van der Waals surface area contributed by atoms with Crippen molar-refractivity contribution in [1.82, 2.24) is 25.0 Å². The molecular weight excluding hydrogens is 550 g/mol. The number of aryl methyl sites for hydroxylation is 1. The van der Waals surface area contributed by atoms with E-state index >= 15 is 8.78 Å². The molecule has 0 saturated carbocycles. The van der Waals surface area contributed by atoms with Crippen molar-refractivity contribution in [2.24, 2.45) is 5.92 Å². The van der Waals surface area contributed by atoms with Crippen LogP contribution in [-0.2, 0) is 11.3 Å². The molecule has 0 radical (unpaired) electrons. The Morgan fingerprint density at radius 2 is 1.88 bits per heavy atom. The Labute approximate surface area is 239 Å². The largest absolute Gasteiger partial charge is 0.435 e. The molecule has 41 heavy (non-hydrogen) atoms. The first-order chi connectivity index (χ1) is 19.8. The summed E-state index contributed by atoms with van der Waals surface area (Å²) in [5, 5.41) is 6.75. The summed E-state index contributed by atoms with van der Waals surface area (Å²) in [7, 11) is 0. The number of rotatable bonds is 9. The molecule has 2 aromatic carbocycles. The quantitative estimate of drug-likeness (QED) is 0.201. The van der Waals surface area contributed by atoms with Crippen LogP contribution in [0.2, 0.25) is 0 Å². The van der Waals surface area contributed by atoms with E-state index in [9.17, 15) is 8.76 Å². The highest BCUT2D eigenvalue weighted by Crippen LogP contribution is 2.37. The normalized spacial score (nSPS) is 18.5. The van der Waals surface area contributed by atoms with Gasteiger partial charge in [0.1, 0.15) is 0 Å². The molecule has 1 aliphatic rings. The lowest BCUT2D eigenvalue weighted by Gasteiger charge is -2.28. The van der Waals surface area contributed by atoms with E-state index in [1.165, 1.54) is 12.3 Å². The van der Waals surface area contributed by atoms with Crippen LogP contribution >= 0.6 is 0 Å². The van der Waals surface area contributed by atoms with Gasteiger partial charge < -0.3 is 15.4 Å². The summed E-state index contributed by atoms with van der Waals surface area (Å²) in [6.07, 6.45) is 4.08. The highest BCUT2D eigenvalue weighted by molar-refractivity contribution is 7.77. The maximum Gasteiger partial charge on any atom is 0.232 e. The number of anilines is 1. The highest BCUT2D eigenvalue weighted by atomic mass is 32.2. The number of benzene rings is 2. The predicted molar refractivity (Wildman–Crippen MR) is 153 cm³/mol. The van der Waals surface area contributed by atoms with Crippen molar-refractivity contribution < 1.29 is 22.3 Å². The van der Waals surface area contributed by atoms with E-state index < -0.39 is 28.9 Å². The fourth-order valence-corrected chi connectivity index (χ4v) is 5.41. The monoisotopic (exact) mass is 580 g/mol.